The topological polar surface area (TPSA) is 26.3 Å². The Morgan fingerprint density at radius 3 is 3.00 bits per heavy atom. The number of carbonyl (C=O) groups is 1. The summed E-state index contributed by atoms with van der Waals surface area (Å²) in [5, 5.41) is 0. The number of hydrogen-bond donors (Lipinski definition) is 0. The van der Waals surface area contributed by atoms with Gasteiger partial charge in [0.1, 0.15) is 0 Å². The number of esters is 1. The molecule has 1 aliphatic heterocycles. The first-order valence-corrected chi connectivity index (χ1v) is 4.90. The van der Waals surface area contributed by atoms with Crippen LogP contribution >= 0.6 is 0 Å². The molecule has 0 amide bonds. The SMILES string of the molecule is CCCC[C@H]1C[C@@H](C)COC1=O. The van der Waals surface area contributed by atoms with Gasteiger partial charge in [-0.3, -0.25) is 4.79 Å². The largest absolute Gasteiger partial charge is 0.465 e. The maximum atomic E-state index is 11.2. The van der Waals surface area contributed by atoms with E-state index in [-0.39, 0.29) is 11.9 Å². The number of hydrogen-bond acceptors (Lipinski definition) is 2. The number of carbonyl (C=O) groups excluding carboxylic acids is 1. The lowest BCUT2D eigenvalue weighted by atomic mass is 9.90. The van der Waals surface area contributed by atoms with Gasteiger partial charge in [-0.05, 0) is 18.8 Å². The Kier molecular flexibility index (Phi) is 3.57. The monoisotopic (exact) mass is 170 g/mol. The van der Waals surface area contributed by atoms with E-state index >= 15 is 0 Å². The summed E-state index contributed by atoms with van der Waals surface area (Å²) in [5.41, 5.74) is 0. The molecule has 0 aliphatic carbocycles. The van der Waals surface area contributed by atoms with Gasteiger partial charge in [-0.15, -0.1) is 0 Å². The first kappa shape index (κ1) is 9.56. The van der Waals surface area contributed by atoms with Gasteiger partial charge in [-0.25, -0.2) is 0 Å². The normalized spacial score (nSPS) is 30.0. The van der Waals surface area contributed by atoms with E-state index < -0.39 is 0 Å². The van der Waals surface area contributed by atoms with Crippen molar-refractivity contribution in [3.8, 4) is 0 Å². The molecule has 12 heavy (non-hydrogen) atoms. The van der Waals surface area contributed by atoms with Crippen LogP contribution < -0.4 is 0 Å². The highest BCUT2D eigenvalue weighted by Gasteiger charge is 2.27. The Morgan fingerprint density at radius 1 is 1.58 bits per heavy atom. The molecule has 1 heterocycles. The fourth-order valence-corrected chi connectivity index (χ4v) is 1.68. The summed E-state index contributed by atoms with van der Waals surface area (Å²) in [4.78, 5) is 11.2. The highest BCUT2D eigenvalue weighted by Crippen LogP contribution is 2.24. The second kappa shape index (κ2) is 4.48. The van der Waals surface area contributed by atoms with Crippen LogP contribution in [0.1, 0.15) is 39.5 Å². The molecule has 1 fully saturated rings. The summed E-state index contributed by atoms with van der Waals surface area (Å²) in [7, 11) is 0. The van der Waals surface area contributed by atoms with Crippen LogP contribution in [0.4, 0.5) is 0 Å². The van der Waals surface area contributed by atoms with Crippen LogP contribution in [-0.4, -0.2) is 12.6 Å². The first-order chi connectivity index (χ1) is 5.74. The van der Waals surface area contributed by atoms with Crippen molar-refractivity contribution in [3.05, 3.63) is 0 Å². The van der Waals surface area contributed by atoms with Crippen molar-refractivity contribution in [2.75, 3.05) is 6.61 Å². The number of rotatable bonds is 3. The van der Waals surface area contributed by atoms with Crippen LogP contribution in [0, 0.1) is 11.8 Å². The van der Waals surface area contributed by atoms with Crippen LogP contribution in [0.25, 0.3) is 0 Å². The van der Waals surface area contributed by atoms with Gasteiger partial charge in [0.05, 0.1) is 12.5 Å². The Hall–Kier alpha value is -0.530. The van der Waals surface area contributed by atoms with E-state index in [1.165, 1.54) is 0 Å². The smallest absolute Gasteiger partial charge is 0.308 e. The molecule has 0 aromatic carbocycles. The van der Waals surface area contributed by atoms with E-state index in [0.717, 1.165) is 25.7 Å². The standard InChI is InChI=1S/C10H18O2/c1-3-4-5-9-6-8(2)7-12-10(9)11/h8-9H,3-7H2,1-2H3/t8-,9+/m1/s1. The van der Waals surface area contributed by atoms with Crippen molar-refractivity contribution < 1.29 is 9.53 Å². The van der Waals surface area contributed by atoms with Gasteiger partial charge < -0.3 is 4.74 Å². The maximum Gasteiger partial charge on any atom is 0.308 e. The molecule has 0 bridgehead atoms. The van der Waals surface area contributed by atoms with Crippen LogP contribution in [0.5, 0.6) is 0 Å². The van der Waals surface area contributed by atoms with Crippen molar-refractivity contribution in [2.24, 2.45) is 11.8 Å². The molecule has 0 unspecified atom stereocenters. The minimum Gasteiger partial charge on any atom is -0.465 e. The quantitative estimate of drug-likeness (QED) is 0.608. The Labute approximate surface area is 74.3 Å². The number of unbranched alkanes of at least 4 members (excludes halogenated alkanes) is 1. The lowest BCUT2D eigenvalue weighted by molar-refractivity contribution is -0.156. The van der Waals surface area contributed by atoms with E-state index in [0.29, 0.717) is 12.5 Å². The van der Waals surface area contributed by atoms with E-state index in [2.05, 4.69) is 13.8 Å². The first-order valence-electron chi connectivity index (χ1n) is 4.90. The van der Waals surface area contributed by atoms with Gasteiger partial charge in [0, 0.05) is 0 Å². The summed E-state index contributed by atoms with van der Waals surface area (Å²) >= 11 is 0. The summed E-state index contributed by atoms with van der Waals surface area (Å²) in [6.45, 7) is 4.92. The van der Waals surface area contributed by atoms with Gasteiger partial charge >= 0.3 is 5.97 Å². The zero-order valence-corrected chi connectivity index (χ0v) is 8.01. The number of cyclic esters (lactones) is 1. The molecule has 1 aliphatic rings. The molecule has 0 radical (unpaired) electrons. The average molecular weight is 170 g/mol. The molecule has 2 nitrogen and oxygen atoms in total. The van der Waals surface area contributed by atoms with Crippen LogP contribution in [0.15, 0.2) is 0 Å². The van der Waals surface area contributed by atoms with E-state index in [9.17, 15) is 4.79 Å². The third-order valence-electron chi connectivity index (χ3n) is 2.44. The zero-order chi connectivity index (χ0) is 8.97. The lowest BCUT2D eigenvalue weighted by Crippen LogP contribution is -2.29. The highest BCUT2D eigenvalue weighted by atomic mass is 16.5. The fourth-order valence-electron chi connectivity index (χ4n) is 1.68. The lowest BCUT2D eigenvalue weighted by Gasteiger charge is -2.25. The van der Waals surface area contributed by atoms with E-state index in [4.69, 9.17) is 4.74 Å². The van der Waals surface area contributed by atoms with Gasteiger partial charge in [0.25, 0.3) is 0 Å². The molecule has 0 N–H and O–H groups in total. The molecule has 0 saturated carbocycles. The van der Waals surface area contributed by atoms with Crippen molar-refractivity contribution in [1.82, 2.24) is 0 Å². The Bertz CT molecular complexity index is 154. The third-order valence-corrected chi connectivity index (χ3v) is 2.44. The molecule has 70 valence electrons. The van der Waals surface area contributed by atoms with Crippen LogP contribution in [-0.2, 0) is 9.53 Å². The molecule has 1 rings (SSSR count). The summed E-state index contributed by atoms with van der Waals surface area (Å²) in [6.07, 6.45) is 4.35. The van der Waals surface area contributed by atoms with Crippen molar-refractivity contribution in [2.45, 2.75) is 39.5 Å². The van der Waals surface area contributed by atoms with E-state index in [1.54, 1.807) is 0 Å². The Morgan fingerprint density at radius 2 is 2.33 bits per heavy atom. The summed E-state index contributed by atoms with van der Waals surface area (Å²) in [5.74, 6) is 0.778. The molecule has 2 heteroatoms. The molecule has 2 atom stereocenters. The van der Waals surface area contributed by atoms with Gasteiger partial charge in [0.2, 0.25) is 0 Å². The van der Waals surface area contributed by atoms with Gasteiger partial charge in [-0.2, -0.15) is 0 Å². The van der Waals surface area contributed by atoms with Gasteiger partial charge in [-0.1, -0.05) is 26.7 Å². The average Bonchev–Trinajstić information content (AvgIpc) is 2.07. The minimum absolute atomic E-state index is 0.0292. The maximum absolute atomic E-state index is 11.2. The van der Waals surface area contributed by atoms with Crippen molar-refractivity contribution >= 4 is 5.97 Å². The predicted molar refractivity (Wildman–Crippen MR) is 47.8 cm³/mol. The Balaban J connectivity index is 2.33. The molecular formula is C10H18O2. The predicted octanol–water partition coefficient (Wildman–Crippen LogP) is 2.38. The van der Waals surface area contributed by atoms with Crippen LogP contribution in [0.3, 0.4) is 0 Å². The van der Waals surface area contributed by atoms with Crippen LogP contribution in [0.2, 0.25) is 0 Å². The molecule has 0 aromatic heterocycles. The van der Waals surface area contributed by atoms with Crippen molar-refractivity contribution in [3.63, 3.8) is 0 Å². The van der Waals surface area contributed by atoms with Gasteiger partial charge in [0.15, 0.2) is 0 Å². The molecule has 0 spiro atoms. The van der Waals surface area contributed by atoms with E-state index in [1.807, 2.05) is 0 Å². The van der Waals surface area contributed by atoms with Crippen molar-refractivity contribution in [1.29, 1.82) is 0 Å². The molecule has 0 aromatic rings. The second-order valence-corrected chi connectivity index (χ2v) is 3.81. The number of ether oxygens (including phenoxy) is 1. The summed E-state index contributed by atoms with van der Waals surface area (Å²) in [6, 6.07) is 0. The molecule has 1 saturated heterocycles. The minimum atomic E-state index is 0.0292. The zero-order valence-electron chi connectivity index (χ0n) is 8.01. The highest BCUT2D eigenvalue weighted by molar-refractivity contribution is 5.73. The molecular weight excluding hydrogens is 152 g/mol. The third kappa shape index (κ3) is 2.50. The summed E-state index contributed by atoms with van der Waals surface area (Å²) < 4.78 is 5.06. The fraction of sp³-hybridized carbons (Fsp3) is 0.900. The second-order valence-electron chi connectivity index (χ2n) is 3.81.